The molecule has 0 bridgehead atoms. The number of aromatic nitrogens is 1. The van der Waals surface area contributed by atoms with Gasteiger partial charge in [-0.15, -0.1) is 0 Å². The summed E-state index contributed by atoms with van der Waals surface area (Å²) in [5, 5.41) is 2.53. The number of nitrogens with zero attached hydrogens (tertiary/aromatic N) is 1. The molecule has 1 aliphatic rings. The van der Waals surface area contributed by atoms with Crippen LogP contribution in [0.15, 0.2) is 18.3 Å². The second-order valence-corrected chi connectivity index (χ2v) is 8.99. The van der Waals surface area contributed by atoms with Gasteiger partial charge in [-0.3, -0.25) is 9.78 Å². The lowest BCUT2D eigenvalue weighted by Crippen LogP contribution is -2.38. The van der Waals surface area contributed by atoms with Crippen molar-refractivity contribution in [1.82, 2.24) is 10.3 Å². The van der Waals surface area contributed by atoms with E-state index in [0.29, 0.717) is 12.8 Å². The van der Waals surface area contributed by atoms with E-state index in [-0.39, 0.29) is 17.2 Å². The predicted octanol–water partition coefficient (Wildman–Crippen LogP) is 2.56. The van der Waals surface area contributed by atoms with Gasteiger partial charge in [0, 0.05) is 6.20 Å². The molecule has 0 unspecified atom stereocenters. The van der Waals surface area contributed by atoms with Crippen LogP contribution >= 0.6 is 0 Å². The van der Waals surface area contributed by atoms with Gasteiger partial charge in [-0.1, -0.05) is 32.8 Å². The van der Waals surface area contributed by atoms with Gasteiger partial charge in [-0.05, 0) is 37.3 Å². The molecule has 0 aromatic carbocycles. The zero-order chi connectivity index (χ0) is 17.0. The smallest absolute Gasteiger partial charge is 0.235 e. The summed E-state index contributed by atoms with van der Waals surface area (Å²) in [7, 11) is -3.36. The third-order valence-corrected chi connectivity index (χ3v) is 6.62. The maximum Gasteiger partial charge on any atom is 0.235 e. The van der Waals surface area contributed by atoms with Gasteiger partial charge in [0.25, 0.3) is 0 Å². The molecule has 1 saturated carbocycles. The fraction of sp³-hybridized carbons (Fsp3) is 0.647. The average Bonchev–Trinajstić information content (AvgIpc) is 3.00. The van der Waals surface area contributed by atoms with Gasteiger partial charge in [0.05, 0.1) is 17.0 Å². The molecular weight excluding hydrogens is 312 g/mol. The Morgan fingerprint density at radius 2 is 2.00 bits per heavy atom. The summed E-state index contributed by atoms with van der Waals surface area (Å²) in [6.45, 7) is 5.92. The highest BCUT2D eigenvalue weighted by Gasteiger charge is 2.31. The number of rotatable bonds is 6. The van der Waals surface area contributed by atoms with Crippen molar-refractivity contribution in [2.45, 2.75) is 57.7 Å². The van der Waals surface area contributed by atoms with E-state index in [4.69, 9.17) is 0 Å². The van der Waals surface area contributed by atoms with E-state index < -0.39 is 21.5 Å². The summed E-state index contributed by atoms with van der Waals surface area (Å²) in [5.74, 6) is -0.727. The van der Waals surface area contributed by atoms with Crippen LogP contribution in [0.4, 0.5) is 0 Å². The fourth-order valence-corrected chi connectivity index (χ4v) is 4.87. The minimum Gasteiger partial charge on any atom is -0.347 e. The lowest BCUT2D eigenvalue weighted by Gasteiger charge is -2.23. The SMILES string of the molecule is Cc1cccnc1[C@H](NC(=O)CS(=O)(=O)C1CCCC1)C(C)C. The van der Waals surface area contributed by atoms with E-state index in [1.807, 2.05) is 32.9 Å². The third kappa shape index (κ3) is 4.53. The number of carbonyl (C=O) groups is 1. The molecule has 1 fully saturated rings. The second kappa shape index (κ2) is 7.43. The first-order valence-electron chi connectivity index (χ1n) is 8.23. The molecular formula is C17H26N2O3S. The highest BCUT2D eigenvalue weighted by Crippen LogP contribution is 2.26. The minimum atomic E-state index is -3.36. The standard InChI is InChI=1S/C17H26N2O3S/c1-12(2)16(17-13(3)7-6-10-18-17)19-15(20)11-23(21,22)14-8-4-5-9-14/h6-7,10,12,14,16H,4-5,8-9,11H2,1-3H3,(H,19,20)/t16-/m1/s1. The van der Waals surface area contributed by atoms with Crippen molar-refractivity contribution in [3.63, 3.8) is 0 Å². The van der Waals surface area contributed by atoms with E-state index in [2.05, 4.69) is 10.3 Å². The average molecular weight is 338 g/mol. The Balaban J connectivity index is 2.08. The Bertz CT molecular complexity index is 650. The van der Waals surface area contributed by atoms with Crippen LogP contribution in [-0.4, -0.2) is 30.3 Å². The first-order valence-corrected chi connectivity index (χ1v) is 9.95. The zero-order valence-electron chi connectivity index (χ0n) is 14.1. The van der Waals surface area contributed by atoms with Gasteiger partial charge < -0.3 is 5.32 Å². The van der Waals surface area contributed by atoms with Crippen molar-refractivity contribution >= 4 is 15.7 Å². The van der Waals surface area contributed by atoms with Crippen LogP contribution in [-0.2, 0) is 14.6 Å². The largest absolute Gasteiger partial charge is 0.347 e. The summed E-state index contributed by atoms with van der Waals surface area (Å²) < 4.78 is 24.6. The zero-order valence-corrected chi connectivity index (χ0v) is 14.9. The number of nitrogens with one attached hydrogen (secondary N) is 1. The molecule has 0 radical (unpaired) electrons. The van der Waals surface area contributed by atoms with Crippen LogP contribution in [0.2, 0.25) is 0 Å². The van der Waals surface area contributed by atoms with E-state index in [0.717, 1.165) is 24.1 Å². The Morgan fingerprint density at radius 3 is 2.57 bits per heavy atom. The molecule has 2 rings (SSSR count). The Hall–Kier alpha value is -1.43. The highest BCUT2D eigenvalue weighted by molar-refractivity contribution is 7.92. The molecule has 23 heavy (non-hydrogen) atoms. The van der Waals surface area contributed by atoms with Gasteiger partial charge in [-0.2, -0.15) is 0 Å². The van der Waals surface area contributed by atoms with Crippen molar-refractivity contribution in [2.75, 3.05) is 5.75 Å². The van der Waals surface area contributed by atoms with Crippen molar-refractivity contribution < 1.29 is 13.2 Å². The second-order valence-electron chi connectivity index (χ2n) is 6.71. The number of pyridine rings is 1. The number of sulfone groups is 1. The van der Waals surface area contributed by atoms with Gasteiger partial charge in [0.15, 0.2) is 9.84 Å². The summed E-state index contributed by atoms with van der Waals surface area (Å²) in [4.78, 5) is 16.7. The lowest BCUT2D eigenvalue weighted by atomic mass is 9.97. The van der Waals surface area contributed by atoms with Gasteiger partial charge >= 0.3 is 0 Å². The number of aryl methyl sites for hydroxylation is 1. The summed E-state index contributed by atoms with van der Waals surface area (Å²) in [6, 6.07) is 3.52. The minimum absolute atomic E-state index is 0.127. The number of hydrogen-bond donors (Lipinski definition) is 1. The molecule has 0 saturated heterocycles. The molecule has 0 aliphatic heterocycles. The van der Waals surface area contributed by atoms with Gasteiger partial charge in [0.1, 0.15) is 5.75 Å². The number of amides is 1. The molecule has 128 valence electrons. The Kier molecular flexibility index (Phi) is 5.79. The highest BCUT2D eigenvalue weighted by atomic mass is 32.2. The molecule has 6 heteroatoms. The van der Waals surface area contributed by atoms with Crippen molar-refractivity contribution in [2.24, 2.45) is 5.92 Å². The first kappa shape index (κ1) is 17.9. The van der Waals surface area contributed by atoms with E-state index in [1.165, 1.54) is 0 Å². The van der Waals surface area contributed by atoms with E-state index in [1.54, 1.807) is 6.20 Å². The van der Waals surface area contributed by atoms with Crippen molar-refractivity contribution in [3.8, 4) is 0 Å². The lowest BCUT2D eigenvalue weighted by molar-refractivity contribution is -0.119. The molecule has 1 aromatic heterocycles. The summed E-state index contributed by atoms with van der Waals surface area (Å²) in [5.41, 5.74) is 1.79. The van der Waals surface area contributed by atoms with Crippen molar-refractivity contribution in [1.29, 1.82) is 0 Å². The molecule has 1 aliphatic carbocycles. The number of carbonyl (C=O) groups excluding carboxylic acids is 1. The van der Waals surface area contributed by atoms with Crippen LogP contribution in [0.5, 0.6) is 0 Å². The van der Waals surface area contributed by atoms with Crippen LogP contribution in [0.25, 0.3) is 0 Å². The molecule has 1 atom stereocenters. The normalized spacial score (nSPS) is 17.4. The Labute approximate surface area is 138 Å². The van der Waals surface area contributed by atoms with Gasteiger partial charge in [0.2, 0.25) is 5.91 Å². The summed E-state index contributed by atoms with van der Waals surface area (Å²) in [6.07, 6.45) is 4.94. The number of hydrogen-bond acceptors (Lipinski definition) is 4. The van der Waals surface area contributed by atoms with Crippen LogP contribution < -0.4 is 5.32 Å². The van der Waals surface area contributed by atoms with Crippen LogP contribution in [0.3, 0.4) is 0 Å². The maximum atomic E-state index is 12.3. The molecule has 1 heterocycles. The van der Waals surface area contributed by atoms with E-state index in [9.17, 15) is 13.2 Å². The third-order valence-electron chi connectivity index (χ3n) is 4.47. The van der Waals surface area contributed by atoms with Crippen LogP contribution in [0.1, 0.15) is 56.8 Å². The molecule has 0 spiro atoms. The predicted molar refractivity (Wildman–Crippen MR) is 90.7 cm³/mol. The molecule has 1 amide bonds. The Morgan fingerprint density at radius 1 is 1.35 bits per heavy atom. The molecule has 5 nitrogen and oxygen atoms in total. The van der Waals surface area contributed by atoms with Crippen molar-refractivity contribution in [3.05, 3.63) is 29.6 Å². The summed E-state index contributed by atoms with van der Waals surface area (Å²) >= 11 is 0. The topological polar surface area (TPSA) is 76.1 Å². The van der Waals surface area contributed by atoms with Crippen LogP contribution in [0, 0.1) is 12.8 Å². The molecule has 1 aromatic rings. The van der Waals surface area contributed by atoms with Gasteiger partial charge in [-0.25, -0.2) is 8.42 Å². The fourth-order valence-electron chi connectivity index (χ4n) is 3.14. The first-order chi connectivity index (χ1) is 10.8. The quantitative estimate of drug-likeness (QED) is 0.865. The maximum absolute atomic E-state index is 12.3. The van der Waals surface area contributed by atoms with E-state index >= 15 is 0 Å². The monoisotopic (exact) mass is 338 g/mol. The molecule has 1 N–H and O–H groups in total.